The van der Waals surface area contributed by atoms with Crippen molar-refractivity contribution in [3.8, 4) is 0 Å². The van der Waals surface area contributed by atoms with Gasteiger partial charge in [-0.05, 0) is 44.2 Å². The van der Waals surface area contributed by atoms with Crippen molar-refractivity contribution in [3.63, 3.8) is 0 Å². The molecule has 0 spiro atoms. The highest BCUT2D eigenvalue weighted by molar-refractivity contribution is 6.06. The van der Waals surface area contributed by atoms with Gasteiger partial charge >= 0.3 is 12.0 Å². The SMILES string of the molecule is CCOC(=O)c1cccc(NC(=O)Nc2cc(C)nc3ccccc23)c1. The number of hydrogen-bond donors (Lipinski definition) is 2. The normalized spacial score (nSPS) is 10.4. The largest absolute Gasteiger partial charge is 0.462 e. The molecule has 3 aromatic rings. The van der Waals surface area contributed by atoms with E-state index in [2.05, 4.69) is 15.6 Å². The molecule has 0 radical (unpaired) electrons. The second kappa shape index (κ2) is 7.65. The Balaban J connectivity index is 1.78. The van der Waals surface area contributed by atoms with Crippen LogP contribution >= 0.6 is 0 Å². The molecule has 0 saturated heterocycles. The van der Waals surface area contributed by atoms with Crippen LogP contribution in [-0.2, 0) is 4.74 Å². The molecule has 0 aliphatic heterocycles. The predicted molar refractivity (Wildman–Crippen MR) is 102 cm³/mol. The number of aryl methyl sites for hydroxylation is 1. The molecule has 26 heavy (non-hydrogen) atoms. The molecule has 2 N–H and O–H groups in total. The molecule has 2 amide bonds. The maximum absolute atomic E-state index is 12.4. The third-order valence-corrected chi connectivity index (χ3v) is 3.72. The molecule has 0 aliphatic carbocycles. The minimum absolute atomic E-state index is 0.297. The number of carbonyl (C=O) groups is 2. The third-order valence-electron chi connectivity index (χ3n) is 3.72. The number of urea groups is 1. The molecule has 3 rings (SSSR count). The standard InChI is InChI=1S/C20H19N3O3/c1-3-26-19(24)14-7-6-8-15(12-14)22-20(25)23-18-11-13(2)21-17-10-5-4-9-16(17)18/h4-12H,3H2,1-2H3,(H2,21,22,23,25). The molecule has 2 aromatic carbocycles. The number of ether oxygens (including phenoxy) is 1. The number of benzene rings is 2. The van der Waals surface area contributed by atoms with Gasteiger partial charge in [-0.25, -0.2) is 9.59 Å². The number of anilines is 2. The molecule has 1 aromatic heterocycles. The highest BCUT2D eigenvalue weighted by Crippen LogP contribution is 2.23. The number of amides is 2. The highest BCUT2D eigenvalue weighted by Gasteiger charge is 2.10. The lowest BCUT2D eigenvalue weighted by Crippen LogP contribution is -2.20. The number of rotatable bonds is 4. The zero-order chi connectivity index (χ0) is 18.5. The van der Waals surface area contributed by atoms with E-state index in [4.69, 9.17) is 4.74 Å². The van der Waals surface area contributed by atoms with Crippen LogP contribution in [0.15, 0.2) is 54.6 Å². The van der Waals surface area contributed by atoms with Crippen LogP contribution in [0.4, 0.5) is 16.2 Å². The second-order valence-electron chi connectivity index (χ2n) is 5.71. The van der Waals surface area contributed by atoms with E-state index < -0.39 is 12.0 Å². The molecule has 132 valence electrons. The van der Waals surface area contributed by atoms with E-state index in [-0.39, 0.29) is 0 Å². The average molecular weight is 349 g/mol. The Morgan fingerprint density at radius 3 is 2.65 bits per heavy atom. The van der Waals surface area contributed by atoms with E-state index in [0.29, 0.717) is 23.5 Å². The van der Waals surface area contributed by atoms with Crippen LogP contribution in [-0.4, -0.2) is 23.6 Å². The first-order chi connectivity index (χ1) is 12.6. The fraction of sp³-hybridized carbons (Fsp3) is 0.150. The Labute approximate surface area is 151 Å². The van der Waals surface area contributed by atoms with Crippen molar-refractivity contribution < 1.29 is 14.3 Å². The zero-order valence-corrected chi connectivity index (χ0v) is 14.6. The van der Waals surface area contributed by atoms with Crippen molar-refractivity contribution >= 4 is 34.3 Å². The maximum Gasteiger partial charge on any atom is 0.338 e. The van der Waals surface area contributed by atoms with E-state index in [1.807, 2.05) is 37.3 Å². The lowest BCUT2D eigenvalue weighted by Gasteiger charge is -2.11. The molecule has 6 heteroatoms. The Bertz CT molecular complexity index is 969. The van der Waals surface area contributed by atoms with Gasteiger partial charge in [-0.15, -0.1) is 0 Å². The Kier molecular flexibility index (Phi) is 5.12. The summed E-state index contributed by atoms with van der Waals surface area (Å²) in [7, 11) is 0. The molecular weight excluding hydrogens is 330 g/mol. The molecule has 0 bridgehead atoms. The van der Waals surface area contributed by atoms with Gasteiger partial charge < -0.3 is 15.4 Å². The Hall–Kier alpha value is -3.41. The van der Waals surface area contributed by atoms with Crippen LogP contribution in [0.3, 0.4) is 0 Å². The fourth-order valence-electron chi connectivity index (χ4n) is 2.63. The van der Waals surface area contributed by atoms with Crippen molar-refractivity contribution in [2.45, 2.75) is 13.8 Å². The number of nitrogens with zero attached hydrogens (tertiary/aromatic N) is 1. The quantitative estimate of drug-likeness (QED) is 0.686. The van der Waals surface area contributed by atoms with E-state index in [0.717, 1.165) is 16.6 Å². The van der Waals surface area contributed by atoms with Crippen LogP contribution in [0.5, 0.6) is 0 Å². The molecule has 0 aliphatic rings. The van der Waals surface area contributed by atoms with Crippen molar-refractivity contribution in [1.29, 1.82) is 0 Å². The van der Waals surface area contributed by atoms with Crippen molar-refractivity contribution in [3.05, 3.63) is 65.9 Å². The summed E-state index contributed by atoms with van der Waals surface area (Å²) in [6, 6.07) is 15.6. The summed E-state index contributed by atoms with van der Waals surface area (Å²) >= 11 is 0. The third kappa shape index (κ3) is 3.97. The van der Waals surface area contributed by atoms with Gasteiger partial charge in [-0.1, -0.05) is 24.3 Å². The van der Waals surface area contributed by atoms with Gasteiger partial charge in [0.25, 0.3) is 0 Å². The number of pyridine rings is 1. The summed E-state index contributed by atoms with van der Waals surface area (Å²) in [5.74, 6) is -0.424. The fourth-order valence-corrected chi connectivity index (χ4v) is 2.63. The summed E-state index contributed by atoms with van der Waals surface area (Å²) < 4.78 is 4.97. The molecule has 6 nitrogen and oxygen atoms in total. The Morgan fingerprint density at radius 2 is 1.85 bits per heavy atom. The lowest BCUT2D eigenvalue weighted by molar-refractivity contribution is 0.0526. The first kappa shape index (κ1) is 17.4. The van der Waals surface area contributed by atoms with Gasteiger partial charge in [0.05, 0.1) is 23.4 Å². The lowest BCUT2D eigenvalue weighted by atomic mass is 10.1. The van der Waals surface area contributed by atoms with Crippen LogP contribution in [0.2, 0.25) is 0 Å². The van der Waals surface area contributed by atoms with Crippen molar-refractivity contribution in [1.82, 2.24) is 4.98 Å². The summed E-state index contributed by atoms with van der Waals surface area (Å²) in [6.45, 7) is 3.91. The van der Waals surface area contributed by atoms with E-state index in [1.54, 1.807) is 31.2 Å². The summed E-state index contributed by atoms with van der Waals surface area (Å²) in [5, 5.41) is 6.43. The smallest absolute Gasteiger partial charge is 0.338 e. The number of para-hydroxylation sites is 1. The molecule has 0 saturated carbocycles. The summed E-state index contributed by atoms with van der Waals surface area (Å²) in [6.07, 6.45) is 0. The number of fused-ring (bicyclic) bond motifs is 1. The summed E-state index contributed by atoms with van der Waals surface area (Å²) in [4.78, 5) is 28.6. The van der Waals surface area contributed by atoms with Crippen LogP contribution < -0.4 is 10.6 Å². The Morgan fingerprint density at radius 1 is 1.04 bits per heavy atom. The zero-order valence-electron chi connectivity index (χ0n) is 14.6. The molecule has 0 unspecified atom stereocenters. The topological polar surface area (TPSA) is 80.3 Å². The molecule has 0 atom stereocenters. The first-order valence-electron chi connectivity index (χ1n) is 8.28. The number of esters is 1. The monoisotopic (exact) mass is 349 g/mol. The van der Waals surface area contributed by atoms with Crippen LogP contribution in [0, 0.1) is 6.92 Å². The minimum atomic E-state index is -0.424. The van der Waals surface area contributed by atoms with Gasteiger partial charge in [0.2, 0.25) is 0 Å². The molecule has 1 heterocycles. The number of carbonyl (C=O) groups excluding carboxylic acids is 2. The van der Waals surface area contributed by atoms with Gasteiger partial charge in [-0.3, -0.25) is 4.98 Å². The maximum atomic E-state index is 12.4. The highest BCUT2D eigenvalue weighted by atomic mass is 16.5. The van der Waals surface area contributed by atoms with Crippen LogP contribution in [0.25, 0.3) is 10.9 Å². The number of hydrogen-bond acceptors (Lipinski definition) is 4. The predicted octanol–water partition coefficient (Wildman–Crippen LogP) is 4.36. The minimum Gasteiger partial charge on any atom is -0.462 e. The van der Waals surface area contributed by atoms with Gasteiger partial charge in [0.15, 0.2) is 0 Å². The number of aromatic nitrogens is 1. The summed E-state index contributed by atoms with van der Waals surface area (Å²) in [5.41, 5.74) is 3.18. The molecule has 0 fully saturated rings. The van der Waals surface area contributed by atoms with Gasteiger partial charge in [0, 0.05) is 16.8 Å². The first-order valence-corrected chi connectivity index (χ1v) is 8.28. The van der Waals surface area contributed by atoms with E-state index in [1.165, 1.54) is 0 Å². The van der Waals surface area contributed by atoms with Gasteiger partial charge in [0.1, 0.15) is 0 Å². The molecular formula is C20H19N3O3. The van der Waals surface area contributed by atoms with E-state index >= 15 is 0 Å². The second-order valence-corrected chi connectivity index (χ2v) is 5.71. The van der Waals surface area contributed by atoms with Gasteiger partial charge in [-0.2, -0.15) is 0 Å². The number of nitrogens with one attached hydrogen (secondary N) is 2. The van der Waals surface area contributed by atoms with Crippen LogP contribution in [0.1, 0.15) is 23.0 Å². The average Bonchev–Trinajstić information content (AvgIpc) is 2.62. The van der Waals surface area contributed by atoms with E-state index in [9.17, 15) is 9.59 Å². The van der Waals surface area contributed by atoms with Crippen molar-refractivity contribution in [2.24, 2.45) is 0 Å². The van der Waals surface area contributed by atoms with Crippen molar-refractivity contribution in [2.75, 3.05) is 17.2 Å².